The molecule has 0 aliphatic heterocycles. The Morgan fingerprint density at radius 1 is 0.896 bits per heavy atom. The number of aliphatic carboxylic acids is 3. The van der Waals surface area contributed by atoms with Crippen molar-refractivity contribution in [2.24, 2.45) is 17.4 Å². The van der Waals surface area contributed by atoms with Gasteiger partial charge in [-0.15, -0.1) is 0 Å². The van der Waals surface area contributed by atoms with Crippen LogP contribution in [-0.2, 0) is 28.8 Å². The van der Waals surface area contributed by atoms with Crippen LogP contribution in [0.25, 0.3) is 0 Å². The highest BCUT2D eigenvalue weighted by Gasteiger charge is 2.27. The smallest absolute Gasteiger partial charge is 0.326 e. The Kier molecular flexibility index (Phi) is 19.5. The Balaban J connectivity index is 2.89. The van der Waals surface area contributed by atoms with Gasteiger partial charge in [0.2, 0.25) is 11.8 Å². The van der Waals surface area contributed by atoms with E-state index in [4.69, 9.17) is 49.6 Å². The van der Waals surface area contributed by atoms with E-state index >= 15 is 0 Å². The van der Waals surface area contributed by atoms with E-state index in [0.29, 0.717) is 25.8 Å². The molecule has 268 valence electrons. The first-order valence-electron chi connectivity index (χ1n) is 14.8. The monoisotopic (exact) mass is 737 g/mol. The molecule has 4 atom stereocenters. The van der Waals surface area contributed by atoms with E-state index in [-0.39, 0.29) is 57.9 Å². The number of hydrogen-bond acceptors (Lipinski definition) is 11. The second kappa shape index (κ2) is 22.1. The van der Waals surface area contributed by atoms with E-state index in [2.05, 4.69) is 16.0 Å². The van der Waals surface area contributed by atoms with Crippen LogP contribution in [0.15, 0.2) is 12.1 Å². The molecular weight excluding hydrogens is 697 g/mol. The quantitative estimate of drug-likeness (QED) is 0.0541. The van der Waals surface area contributed by atoms with Crippen LogP contribution in [0.4, 0.5) is 0 Å². The molecule has 10 N–H and O–H groups in total. The van der Waals surface area contributed by atoms with Crippen molar-refractivity contribution in [1.29, 1.82) is 0 Å². The van der Waals surface area contributed by atoms with Crippen molar-refractivity contribution in [2.45, 2.75) is 63.6 Å². The zero-order valence-electron chi connectivity index (χ0n) is 26.2. The number of ether oxygens (including phenoxy) is 1. The number of halogens is 2. The first-order chi connectivity index (χ1) is 22.6. The molecule has 0 spiro atoms. The highest BCUT2D eigenvalue weighted by Crippen LogP contribution is 2.36. The summed E-state index contributed by atoms with van der Waals surface area (Å²) in [4.78, 5) is 83.9. The van der Waals surface area contributed by atoms with Crippen LogP contribution < -0.4 is 32.2 Å². The average Bonchev–Trinajstić information content (AvgIpc) is 3.03. The summed E-state index contributed by atoms with van der Waals surface area (Å²) in [6.45, 7) is 0.878. The predicted octanol–water partition coefficient (Wildman–Crippen LogP) is 0.890. The number of nitrogens with two attached hydrogens (primary N) is 2. The third-order valence-electron chi connectivity index (χ3n) is 6.78. The van der Waals surface area contributed by atoms with Gasteiger partial charge in [-0.05, 0) is 50.8 Å². The lowest BCUT2D eigenvalue weighted by Gasteiger charge is -2.20. The van der Waals surface area contributed by atoms with Gasteiger partial charge in [0.05, 0.1) is 5.02 Å². The summed E-state index contributed by atoms with van der Waals surface area (Å²) in [5.41, 5.74) is 10.9. The number of carboxylic acid groups (broad SMARTS) is 3. The third-order valence-corrected chi connectivity index (χ3v) is 8.86. The van der Waals surface area contributed by atoms with Gasteiger partial charge in [0.15, 0.2) is 12.4 Å². The van der Waals surface area contributed by atoms with E-state index in [1.54, 1.807) is 6.92 Å². The molecule has 1 aromatic carbocycles. The van der Waals surface area contributed by atoms with Gasteiger partial charge in [-0.2, -0.15) is 11.8 Å². The number of carbonyl (C=O) groups is 7. The molecule has 48 heavy (non-hydrogen) atoms. The van der Waals surface area contributed by atoms with Crippen molar-refractivity contribution in [1.82, 2.24) is 16.0 Å². The predicted molar refractivity (Wildman–Crippen MR) is 177 cm³/mol. The molecule has 0 heterocycles. The lowest BCUT2D eigenvalue weighted by Crippen LogP contribution is -2.49. The third kappa shape index (κ3) is 15.1. The van der Waals surface area contributed by atoms with Gasteiger partial charge in [-0.3, -0.25) is 28.8 Å². The fourth-order valence-corrected chi connectivity index (χ4v) is 5.78. The van der Waals surface area contributed by atoms with Crippen LogP contribution in [0.1, 0.15) is 55.8 Å². The van der Waals surface area contributed by atoms with Gasteiger partial charge in [0, 0.05) is 29.4 Å². The van der Waals surface area contributed by atoms with Crippen LogP contribution in [0.5, 0.6) is 5.75 Å². The Bertz CT molecular complexity index is 1320. The van der Waals surface area contributed by atoms with Crippen molar-refractivity contribution in [3.05, 3.63) is 27.7 Å². The van der Waals surface area contributed by atoms with Crippen molar-refractivity contribution in [3.63, 3.8) is 0 Å². The number of amides is 3. The summed E-state index contributed by atoms with van der Waals surface area (Å²) < 4.78 is 5.43. The molecule has 0 saturated carbocycles. The minimum Gasteiger partial charge on any atom is -0.482 e. The molecule has 0 fully saturated rings. The largest absolute Gasteiger partial charge is 0.482 e. The maximum absolute atomic E-state index is 13.4. The van der Waals surface area contributed by atoms with Crippen LogP contribution >= 0.6 is 35.0 Å². The number of Topliss-reactive ketones (excluding diaryl/α,β-unsaturated/α-hetero) is 1. The zero-order valence-corrected chi connectivity index (χ0v) is 28.5. The van der Waals surface area contributed by atoms with Gasteiger partial charge in [0.1, 0.15) is 35.4 Å². The number of carbonyl (C=O) groups excluding carboxylic acids is 4. The van der Waals surface area contributed by atoms with Crippen molar-refractivity contribution in [2.75, 3.05) is 31.2 Å². The summed E-state index contributed by atoms with van der Waals surface area (Å²) in [5.74, 6) is -6.87. The number of unbranched alkanes of at least 4 members (excludes halogenated alkanes) is 1. The van der Waals surface area contributed by atoms with Crippen LogP contribution in [-0.4, -0.2) is 106 Å². The maximum atomic E-state index is 13.4. The molecule has 16 nitrogen and oxygen atoms in total. The number of carboxylic acids is 3. The molecule has 0 aliphatic carbocycles. The van der Waals surface area contributed by atoms with Gasteiger partial charge >= 0.3 is 17.9 Å². The molecule has 0 bridgehead atoms. The molecule has 0 radical (unpaired) electrons. The van der Waals surface area contributed by atoms with Gasteiger partial charge in [-0.25, -0.2) is 4.79 Å². The van der Waals surface area contributed by atoms with E-state index in [0.717, 1.165) is 11.8 Å². The Morgan fingerprint density at radius 3 is 2.15 bits per heavy atom. The van der Waals surface area contributed by atoms with Crippen LogP contribution in [0.3, 0.4) is 0 Å². The molecule has 0 aromatic heterocycles. The van der Waals surface area contributed by atoms with Crippen LogP contribution in [0, 0.1) is 5.92 Å². The number of ketones is 1. The van der Waals surface area contributed by atoms with Gasteiger partial charge in [0.25, 0.3) is 5.91 Å². The lowest BCUT2D eigenvalue weighted by molar-refractivity contribution is -0.142. The Hall–Kier alpha value is -3.64. The Labute approximate surface area is 291 Å². The summed E-state index contributed by atoms with van der Waals surface area (Å²) in [6.07, 6.45) is 1.17. The van der Waals surface area contributed by atoms with Crippen molar-refractivity contribution >= 4 is 76.4 Å². The number of benzene rings is 1. The zero-order chi connectivity index (χ0) is 36.4. The maximum Gasteiger partial charge on any atom is 0.326 e. The van der Waals surface area contributed by atoms with E-state index in [1.165, 1.54) is 12.1 Å². The highest BCUT2D eigenvalue weighted by molar-refractivity contribution is 7.99. The normalized spacial score (nSPS) is 13.4. The van der Waals surface area contributed by atoms with Crippen molar-refractivity contribution in [3.8, 4) is 5.75 Å². The molecule has 1 unspecified atom stereocenters. The summed E-state index contributed by atoms with van der Waals surface area (Å²) in [7, 11) is 0. The molecule has 3 amide bonds. The minimum atomic E-state index is -1.30. The first-order valence-corrected chi connectivity index (χ1v) is 16.8. The molecule has 0 saturated heterocycles. The van der Waals surface area contributed by atoms with E-state index < -0.39 is 72.8 Å². The fourth-order valence-electron chi connectivity index (χ4n) is 4.04. The molecule has 1 aromatic rings. The van der Waals surface area contributed by atoms with Gasteiger partial charge < -0.3 is 47.5 Å². The summed E-state index contributed by atoms with van der Waals surface area (Å²) in [6, 6.07) is -0.884. The average molecular weight is 739 g/mol. The van der Waals surface area contributed by atoms with E-state index in [1.807, 2.05) is 0 Å². The van der Waals surface area contributed by atoms with Crippen molar-refractivity contribution < 1.29 is 53.6 Å². The number of thioether (sulfide) groups is 1. The number of nitrogens with one attached hydrogen (secondary N) is 3. The molecule has 1 rings (SSSR count). The topological polar surface area (TPSA) is 278 Å². The first kappa shape index (κ1) is 42.4. The highest BCUT2D eigenvalue weighted by atomic mass is 35.5. The number of hydrogen-bond donors (Lipinski definition) is 8. The van der Waals surface area contributed by atoms with Crippen LogP contribution in [0.2, 0.25) is 10.0 Å². The van der Waals surface area contributed by atoms with Gasteiger partial charge in [-0.1, -0.05) is 30.1 Å². The second-order valence-corrected chi connectivity index (χ2v) is 12.3. The molecular formula is C29H41Cl2N5O11S. The summed E-state index contributed by atoms with van der Waals surface area (Å²) in [5, 5.41) is 33.8. The molecule has 19 heteroatoms. The Morgan fingerprint density at radius 2 is 1.56 bits per heavy atom. The SMILES string of the molecule is CCC(CSC[C@H](NC(=O)CC[C@H](N)C(=O)O)C(=O)NCC(=O)O)C(=O)c1ccc(OCC(=O)N[C@@H](CCCCN)C(=O)O)c(Cl)c1Cl. The van der Waals surface area contributed by atoms with E-state index in [9.17, 15) is 38.7 Å². The second-order valence-electron chi connectivity index (χ2n) is 10.5. The summed E-state index contributed by atoms with van der Waals surface area (Å²) >= 11 is 13.9. The molecule has 0 aliphatic rings. The minimum absolute atomic E-state index is 0.0129. The number of rotatable bonds is 24. The fraction of sp³-hybridized carbons (Fsp3) is 0.552. The lowest BCUT2D eigenvalue weighted by atomic mass is 9.97. The standard InChI is InChI=1S/C29H41Cl2N5O11S/c1-2-15(13-48-14-19(27(42)34-11-23(39)40)36-21(37)9-7-17(33)28(43)44)26(41)16-6-8-20(25(31)24(16)30)47-12-22(38)35-18(29(45)46)5-3-4-10-32/h6,8,15,17-19H,2-5,7,9-14,32-33H2,1H3,(H,34,42)(H,35,38)(H,36,37)(H,39,40)(H,43,44)(H,45,46)/t15?,17-,18-,19-/m0/s1.